The third-order valence-corrected chi connectivity index (χ3v) is 5.62. The lowest BCUT2D eigenvalue weighted by Gasteiger charge is -2.25. The Hall–Kier alpha value is -4.77. The van der Waals surface area contributed by atoms with Crippen LogP contribution < -0.4 is 20.3 Å². The SMILES string of the molecule is C=CC(=O)Nc1cc(Nc2nccc(-c3nnc(-c4ccccc4)o3)n2)c(OC)cc1N(C)CCN(C)C. The fourth-order valence-electron chi connectivity index (χ4n) is 3.59. The van der Waals surface area contributed by atoms with Crippen LogP contribution in [0.15, 0.2) is 71.8 Å². The molecule has 0 aliphatic carbocycles. The van der Waals surface area contributed by atoms with Crippen molar-refractivity contribution >= 4 is 28.9 Å². The second-order valence-corrected chi connectivity index (χ2v) is 8.66. The molecule has 0 spiro atoms. The summed E-state index contributed by atoms with van der Waals surface area (Å²) in [6.07, 6.45) is 2.81. The fraction of sp³-hybridized carbons (Fsp3) is 0.222. The number of benzene rings is 2. The quantitative estimate of drug-likeness (QED) is 0.283. The minimum atomic E-state index is -0.327. The molecule has 0 radical (unpaired) electrons. The summed E-state index contributed by atoms with van der Waals surface area (Å²) in [5.74, 6) is 1.17. The molecule has 38 heavy (non-hydrogen) atoms. The van der Waals surface area contributed by atoms with Gasteiger partial charge in [0, 0.05) is 38.0 Å². The van der Waals surface area contributed by atoms with E-state index in [1.54, 1.807) is 25.4 Å². The first-order chi connectivity index (χ1) is 18.4. The van der Waals surface area contributed by atoms with Crippen LogP contribution in [-0.2, 0) is 4.79 Å². The number of rotatable bonds is 11. The molecule has 2 heterocycles. The van der Waals surface area contributed by atoms with Crippen LogP contribution in [0.5, 0.6) is 5.75 Å². The Bertz CT molecular complexity index is 1400. The number of aromatic nitrogens is 4. The van der Waals surface area contributed by atoms with Gasteiger partial charge >= 0.3 is 0 Å². The zero-order valence-electron chi connectivity index (χ0n) is 21.8. The summed E-state index contributed by atoms with van der Waals surface area (Å²) in [5.41, 5.74) is 3.20. The molecule has 196 valence electrons. The topological polar surface area (TPSA) is 122 Å². The molecule has 2 N–H and O–H groups in total. The van der Waals surface area contributed by atoms with Gasteiger partial charge in [-0.1, -0.05) is 24.8 Å². The Morgan fingerprint density at radius 1 is 1.05 bits per heavy atom. The maximum absolute atomic E-state index is 12.2. The third kappa shape index (κ3) is 6.31. The van der Waals surface area contributed by atoms with Crippen LogP contribution in [0.1, 0.15) is 0 Å². The molecule has 0 aliphatic rings. The molecule has 1 amide bonds. The monoisotopic (exact) mass is 514 g/mol. The van der Waals surface area contributed by atoms with Crippen LogP contribution in [0, 0.1) is 0 Å². The van der Waals surface area contributed by atoms with Gasteiger partial charge in [-0.25, -0.2) is 9.97 Å². The Labute approximate surface area is 221 Å². The summed E-state index contributed by atoms with van der Waals surface area (Å²) in [6.45, 7) is 5.13. The average Bonchev–Trinajstić information content (AvgIpc) is 3.43. The number of carbonyl (C=O) groups excluding carboxylic acids is 1. The van der Waals surface area contributed by atoms with E-state index < -0.39 is 0 Å². The van der Waals surface area contributed by atoms with Crippen molar-refractivity contribution in [2.45, 2.75) is 0 Å². The normalized spacial score (nSPS) is 10.8. The standard InChI is InChI=1S/C27H30N8O3/c1-6-24(36)29-20-16-21(23(37-5)17-22(20)35(4)15-14-34(2)3)31-27-28-13-12-19(30-27)26-33-32-25(38-26)18-10-8-7-9-11-18/h6-13,16-17H,1,14-15H2,2-5H3,(H,29,36)(H,28,30,31). The molecule has 0 fully saturated rings. The van der Waals surface area contributed by atoms with Gasteiger partial charge in [-0.05, 0) is 44.4 Å². The first-order valence-electron chi connectivity index (χ1n) is 11.9. The summed E-state index contributed by atoms with van der Waals surface area (Å²) in [7, 11) is 7.54. The van der Waals surface area contributed by atoms with Crippen molar-refractivity contribution in [1.82, 2.24) is 25.1 Å². The van der Waals surface area contributed by atoms with Crippen LogP contribution in [0.2, 0.25) is 0 Å². The van der Waals surface area contributed by atoms with Crippen molar-refractivity contribution in [1.29, 1.82) is 0 Å². The number of ether oxygens (including phenoxy) is 1. The molecular formula is C27H30N8O3. The second-order valence-electron chi connectivity index (χ2n) is 8.66. The molecule has 0 bridgehead atoms. The van der Waals surface area contributed by atoms with Crippen LogP contribution >= 0.6 is 0 Å². The minimum absolute atomic E-state index is 0.262. The van der Waals surface area contributed by atoms with E-state index in [0.717, 1.165) is 24.3 Å². The number of methoxy groups -OCH3 is 1. The number of hydrogen-bond acceptors (Lipinski definition) is 10. The summed E-state index contributed by atoms with van der Waals surface area (Å²) >= 11 is 0. The zero-order valence-corrected chi connectivity index (χ0v) is 21.8. The van der Waals surface area contributed by atoms with E-state index in [1.165, 1.54) is 6.08 Å². The molecule has 2 aromatic carbocycles. The number of likely N-dealkylation sites (N-methyl/N-ethyl adjacent to an activating group) is 2. The van der Waals surface area contributed by atoms with Crippen LogP contribution in [0.25, 0.3) is 23.0 Å². The van der Waals surface area contributed by atoms with Gasteiger partial charge in [0.2, 0.25) is 17.7 Å². The first kappa shape index (κ1) is 26.3. The van der Waals surface area contributed by atoms with E-state index in [0.29, 0.717) is 28.7 Å². The predicted octanol–water partition coefficient (Wildman–Crippen LogP) is 4.07. The van der Waals surface area contributed by atoms with Gasteiger partial charge in [0.15, 0.2) is 0 Å². The lowest BCUT2D eigenvalue weighted by molar-refractivity contribution is -0.111. The van der Waals surface area contributed by atoms with Gasteiger partial charge in [-0.15, -0.1) is 10.2 Å². The molecule has 4 aromatic rings. The molecule has 4 rings (SSSR count). The van der Waals surface area contributed by atoms with Crippen LogP contribution in [-0.4, -0.2) is 72.3 Å². The highest BCUT2D eigenvalue weighted by atomic mass is 16.5. The predicted molar refractivity (Wildman–Crippen MR) is 148 cm³/mol. The lowest BCUT2D eigenvalue weighted by atomic mass is 10.2. The highest BCUT2D eigenvalue weighted by Gasteiger charge is 2.17. The van der Waals surface area contributed by atoms with Crippen LogP contribution in [0.3, 0.4) is 0 Å². The van der Waals surface area contributed by atoms with Gasteiger partial charge in [-0.3, -0.25) is 4.79 Å². The lowest BCUT2D eigenvalue weighted by Crippen LogP contribution is -2.29. The number of nitrogens with zero attached hydrogens (tertiary/aromatic N) is 6. The van der Waals surface area contributed by atoms with Crippen molar-refractivity contribution in [3.05, 3.63) is 67.4 Å². The van der Waals surface area contributed by atoms with E-state index >= 15 is 0 Å². The molecule has 0 atom stereocenters. The number of anilines is 4. The molecule has 0 saturated carbocycles. The number of carbonyl (C=O) groups is 1. The molecule has 0 saturated heterocycles. The van der Waals surface area contributed by atoms with Crippen molar-refractivity contribution in [3.63, 3.8) is 0 Å². The van der Waals surface area contributed by atoms with Crippen molar-refractivity contribution < 1.29 is 13.9 Å². The third-order valence-electron chi connectivity index (χ3n) is 5.62. The first-order valence-corrected chi connectivity index (χ1v) is 11.9. The van der Waals surface area contributed by atoms with E-state index in [-0.39, 0.29) is 17.7 Å². The molecule has 0 unspecified atom stereocenters. The Kier molecular flexibility index (Phi) is 8.29. The number of hydrogen-bond donors (Lipinski definition) is 2. The molecule has 0 aliphatic heterocycles. The molecule has 2 aromatic heterocycles. The van der Waals surface area contributed by atoms with Gasteiger partial charge in [0.25, 0.3) is 5.89 Å². The van der Waals surface area contributed by atoms with Gasteiger partial charge in [-0.2, -0.15) is 0 Å². The average molecular weight is 515 g/mol. The van der Waals surface area contributed by atoms with Crippen molar-refractivity contribution in [2.24, 2.45) is 0 Å². The zero-order chi connectivity index (χ0) is 27.1. The maximum Gasteiger partial charge on any atom is 0.266 e. The summed E-state index contributed by atoms with van der Waals surface area (Å²) in [5, 5.41) is 14.3. The Balaban J connectivity index is 1.64. The number of nitrogens with one attached hydrogen (secondary N) is 2. The van der Waals surface area contributed by atoms with Crippen LogP contribution in [0.4, 0.5) is 23.0 Å². The fourth-order valence-corrected chi connectivity index (χ4v) is 3.59. The summed E-state index contributed by atoms with van der Waals surface area (Å²) < 4.78 is 11.5. The Morgan fingerprint density at radius 3 is 2.53 bits per heavy atom. The molecule has 11 heteroatoms. The maximum atomic E-state index is 12.2. The van der Waals surface area contributed by atoms with Gasteiger partial charge in [0.05, 0.1) is 24.2 Å². The summed E-state index contributed by atoms with van der Waals surface area (Å²) in [4.78, 5) is 25.2. The number of amides is 1. The highest BCUT2D eigenvalue weighted by molar-refractivity contribution is 6.02. The molecular weight excluding hydrogens is 484 g/mol. The van der Waals surface area contributed by atoms with E-state index in [1.807, 2.05) is 62.4 Å². The van der Waals surface area contributed by atoms with E-state index in [9.17, 15) is 4.79 Å². The van der Waals surface area contributed by atoms with Crippen molar-refractivity contribution in [2.75, 3.05) is 56.9 Å². The smallest absolute Gasteiger partial charge is 0.266 e. The minimum Gasteiger partial charge on any atom is -0.494 e. The van der Waals surface area contributed by atoms with E-state index in [4.69, 9.17) is 9.15 Å². The largest absolute Gasteiger partial charge is 0.494 e. The second kappa shape index (κ2) is 12.0. The van der Waals surface area contributed by atoms with E-state index in [2.05, 4.69) is 42.3 Å². The Morgan fingerprint density at radius 2 is 1.82 bits per heavy atom. The highest BCUT2D eigenvalue weighted by Crippen LogP contribution is 2.38. The summed E-state index contributed by atoms with van der Waals surface area (Å²) in [6, 6.07) is 14.8. The van der Waals surface area contributed by atoms with Gasteiger partial charge in [0.1, 0.15) is 11.4 Å². The van der Waals surface area contributed by atoms with Gasteiger partial charge < -0.3 is 29.6 Å². The van der Waals surface area contributed by atoms with Crippen molar-refractivity contribution in [3.8, 4) is 28.8 Å². The molecule has 11 nitrogen and oxygen atoms in total.